The van der Waals surface area contributed by atoms with Crippen LogP contribution >= 0.6 is 0 Å². The zero-order valence-corrected chi connectivity index (χ0v) is 4.59. The van der Waals surface area contributed by atoms with Gasteiger partial charge in [0.25, 0.3) is 0 Å². The first kappa shape index (κ1) is 5.16. The lowest BCUT2D eigenvalue weighted by atomic mass is 10.2. The Kier molecular flexibility index (Phi) is 1.20. The van der Waals surface area contributed by atoms with E-state index < -0.39 is 0 Å². The molecule has 0 bridgehead atoms. The average Bonchev–Trinajstić information content (AvgIpc) is 2.14. The van der Waals surface area contributed by atoms with Crippen LogP contribution < -0.4 is 0 Å². The summed E-state index contributed by atoms with van der Waals surface area (Å²) >= 11 is 0. The summed E-state index contributed by atoms with van der Waals surface area (Å²) in [6, 6.07) is 0. The first-order chi connectivity index (χ1) is 3.84. The molecule has 8 heavy (non-hydrogen) atoms. The molecule has 0 saturated heterocycles. The van der Waals surface area contributed by atoms with Crippen LogP contribution in [0.25, 0.3) is 0 Å². The average molecular weight is 108 g/mol. The number of rotatable bonds is 1. The second-order valence-electron chi connectivity index (χ2n) is 1.72. The zero-order valence-electron chi connectivity index (χ0n) is 4.59. The fourth-order valence-corrected chi connectivity index (χ4v) is 0.697. The monoisotopic (exact) mass is 108 g/mol. The summed E-state index contributed by atoms with van der Waals surface area (Å²) in [6.45, 7) is 3.54. The van der Waals surface area contributed by atoms with Crippen LogP contribution in [0.3, 0.4) is 0 Å². The molecule has 1 aliphatic carbocycles. The summed E-state index contributed by atoms with van der Waals surface area (Å²) in [5.74, 6) is 0.361. The van der Waals surface area contributed by atoms with Crippen molar-refractivity contribution < 1.29 is 5.11 Å². The Morgan fingerprint density at radius 2 is 2.50 bits per heavy atom. The smallest absolute Gasteiger partial charge is 0.118 e. The van der Waals surface area contributed by atoms with Crippen molar-refractivity contribution in [3.8, 4) is 0 Å². The van der Waals surface area contributed by atoms with E-state index in [-0.39, 0.29) is 0 Å². The Hall–Kier alpha value is -0.980. The van der Waals surface area contributed by atoms with Crippen molar-refractivity contribution in [2.45, 2.75) is 6.42 Å². The first-order valence-electron chi connectivity index (χ1n) is 2.55. The molecule has 0 saturated carbocycles. The van der Waals surface area contributed by atoms with Gasteiger partial charge in [0, 0.05) is 0 Å². The predicted octanol–water partition coefficient (Wildman–Crippen LogP) is 1.94. The van der Waals surface area contributed by atoms with Crippen molar-refractivity contribution in [3.63, 3.8) is 0 Å². The van der Waals surface area contributed by atoms with Gasteiger partial charge >= 0.3 is 0 Å². The van der Waals surface area contributed by atoms with Gasteiger partial charge in [-0.25, -0.2) is 0 Å². The van der Waals surface area contributed by atoms with Crippen LogP contribution in [-0.2, 0) is 0 Å². The topological polar surface area (TPSA) is 20.2 Å². The molecule has 1 rings (SSSR count). The minimum atomic E-state index is 0.361. The standard InChI is InChI=1S/C7H8O/c1-2-6-4-3-5-7(6)8/h2-3,5,8H,1,4H2. The van der Waals surface area contributed by atoms with Gasteiger partial charge in [-0.2, -0.15) is 0 Å². The van der Waals surface area contributed by atoms with Crippen LogP contribution in [0.15, 0.2) is 36.1 Å². The fraction of sp³-hybridized carbons (Fsp3) is 0.143. The maximum Gasteiger partial charge on any atom is 0.118 e. The molecule has 0 atom stereocenters. The van der Waals surface area contributed by atoms with Crippen LogP contribution in [0.2, 0.25) is 0 Å². The minimum Gasteiger partial charge on any atom is -0.508 e. The summed E-state index contributed by atoms with van der Waals surface area (Å²) in [4.78, 5) is 0. The Bertz CT molecular complexity index is 163. The van der Waals surface area contributed by atoms with E-state index in [4.69, 9.17) is 5.11 Å². The van der Waals surface area contributed by atoms with Gasteiger partial charge in [0.15, 0.2) is 0 Å². The predicted molar refractivity (Wildman–Crippen MR) is 33.6 cm³/mol. The first-order valence-corrected chi connectivity index (χ1v) is 2.55. The summed E-state index contributed by atoms with van der Waals surface area (Å²) in [5, 5.41) is 8.91. The van der Waals surface area contributed by atoms with Crippen LogP contribution in [0, 0.1) is 0 Å². The Labute approximate surface area is 48.6 Å². The highest BCUT2D eigenvalue weighted by Crippen LogP contribution is 2.16. The molecule has 1 nitrogen and oxygen atoms in total. The van der Waals surface area contributed by atoms with E-state index in [0.717, 1.165) is 12.0 Å². The Morgan fingerprint density at radius 1 is 1.75 bits per heavy atom. The van der Waals surface area contributed by atoms with E-state index in [2.05, 4.69) is 6.58 Å². The van der Waals surface area contributed by atoms with Crippen molar-refractivity contribution in [3.05, 3.63) is 36.1 Å². The van der Waals surface area contributed by atoms with E-state index in [1.165, 1.54) is 0 Å². The highest BCUT2D eigenvalue weighted by molar-refractivity contribution is 5.34. The molecule has 0 aromatic heterocycles. The van der Waals surface area contributed by atoms with Crippen molar-refractivity contribution in [1.29, 1.82) is 0 Å². The molecule has 0 radical (unpaired) electrons. The third-order valence-electron chi connectivity index (χ3n) is 1.19. The molecule has 1 aliphatic rings. The molecule has 42 valence electrons. The normalized spacial score (nSPS) is 17.5. The number of allylic oxidation sites excluding steroid dienone is 4. The van der Waals surface area contributed by atoms with E-state index in [1.54, 1.807) is 12.2 Å². The van der Waals surface area contributed by atoms with Gasteiger partial charge in [-0.05, 0) is 18.1 Å². The van der Waals surface area contributed by atoms with E-state index in [9.17, 15) is 0 Å². The van der Waals surface area contributed by atoms with Crippen LogP contribution in [0.5, 0.6) is 0 Å². The van der Waals surface area contributed by atoms with Crippen LogP contribution in [0.4, 0.5) is 0 Å². The summed E-state index contributed by atoms with van der Waals surface area (Å²) in [7, 11) is 0. The lowest BCUT2D eigenvalue weighted by molar-refractivity contribution is 0.430. The number of aliphatic hydroxyl groups excluding tert-OH is 1. The largest absolute Gasteiger partial charge is 0.508 e. The summed E-state index contributed by atoms with van der Waals surface area (Å²) in [5.41, 5.74) is 0.921. The van der Waals surface area contributed by atoms with Gasteiger partial charge in [0.05, 0.1) is 0 Å². The molecule has 0 aliphatic heterocycles. The molecule has 0 unspecified atom stereocenters. The van der Waals surface area contributed by atoms with Crippen LogP contribution in [0.1, 0.15) is 6.42 Å². The lowest BCUT2D eigenvalue weighted by Gasteiger charge is -1.89. The van der Waals surface area contributed by atoms with E-state index in [0.29, 0.717) is 5.76 Å². The van der Waals surface area contributed by atoms with Crippen molar-refractivity contribution in [2.24, 2.45) is 0 Å². The zero-order chi connectivity index (χ0) is 5.98. The highest BCUT2D eigenvalue weighted by atomic mass is 16.3. The summed E-state index contributed by atoms with van der Waals surface area (Å²) in [6.07, 6.45) is 6.11. The quantitative estimate of drug-likeness (QED) is 0.544. The van der Waals surface area contributed by atoms with Gasteiger partial charge in [-0.3, -0.25) is 0 Å². The van der Waals surface area contributed by atoms with Gasteiger partial charge in [0.1, 0.15) is 5.76 Å². The fourth-order valence-electron chi connectivity index (χ4n) is 0.697. The molecule has 0 heterocycles. The van der Waals surface area contributed by atoms with Crippen molar-refractivity contribution in [2.75, 3.05) is 0 Å². The van der Waals surface area contributed by atoms with Gasteiger partial charge < -0.3 is 5.11 Å². The van der Waals surface area contributed by atoms with Gasteiger partial charge in [-0.15, -0.1) is 0 Å². The van der Waals surface area contributed by atoms with E-state index in [1.807, 2.05) is 6.08 Å². The number of hydrogen-bond acceptors (Lipinski definition) is 1. The molecule has 1 heteroatoms. The Morgan fingerprint density at radius 3 is 2.75 bits per heavy atom. The summed E-state index contributed by atoms with van der Waals surface area (Å²) < 4.78 is 0. The molecular weight excluding hydrogens is 100 g/mol. The highest BCUT2D eigenvalue weighted by Gasteiger charge is 2.01. The van der Waals surface area contributed by atoms with Crippen molar-refractivity contribution >= 4 is 0 Å². The van der Waals surface area contributed by atoms with Gasteiger partial charge in [-0.1, -0.05) is 18.7 Å². The second-order valence-corrected chi connectivity index (χ2v) is 1.72. The maximum absolute atomic E-state index is 8.91. The lowest BCUT2D eigenvalue weighted by Crippen LogP contribution is -1.74. The number of aliphatic hydroxyl groups is 1. The molecule has 0 fully saturated rings. The molecule has 0 aromatic carbocycles. The third-order valence-corrected chi connectivity index (χ3v) is 1.19. The molecule has 0 aromatic rings. The van der Waals surface area contributed by atoms with Gasteiger partial charge in [0.2, 0.25) is 0 Å². The number of hydrogen-bond donors (Lipinski definition) is 1. The van der Waals surface area contributed by atoms with Crippen LogP contribution in [-0.4, -0.2) is 5.11 Å². The van der Waals surface area contributed by atoms with Crippen molar-refractivity contribution in [1.82, 2.24) is 0 Å². The SMILES string of the molecule is C=CC1=C(O)C=CC1. The molecular formula is C7H8O. The molecule has 0 spiro atoms. The second kappa shape index (κ2) is 1.86. The molecule has 1 N–H and O–H groups in total. The third kappa shape index (κ3) is 0.668. The Balaban J connectivity index is 2.82. The minimum absolute atomic E-state index is 0.361. The molecule has 0 amide bonds. The van der Waals surface area contributed by atoms with E-state index >= 15 is 0 Å². The maximum atomic E-state index is 8.91.